The summed E-state index contributed by atoms with van der Waals surface area (Å²) >= 11 is 0. The van der Waals surface area contributed by atoms with Gasteiger partial charge >= 0.3 is 11.9 Å². The van der Waals surface area contributed by atoms with Crippen molar-refractivity contribution in [1.82, 2.24) is 0 Å². The topological polar surface area (TPSA) is 63.6 Å². The van der Waals surface area contributed by atoms with E-state index in [-0.39, 0.29) is 12.6 Å². The second kappa shape index (κ2) is 4.98. The fourth-order valence-corrected chi connectivity index (χ4v) is 0.668. The Labute approximate surface area is 84.3 Å². The van der Waals surface area contributed by atoms with Crippen molar-refractivity contribution in [2.45, 2.75) is 34.1 Å². The Kier molecular flexibility index (Phi) is 4.60. The van der Waals surface area contributed by atoms with E-state index in [9.17, 15) is 9.59 Å². The number of carbonyl (C=O) groups excluding carboxylic acids is 1. The molecule has 0 aliphatic heterocycles. The molecule has 0 rings (SSSR count). The minimum absolute atomic E-state index is 0.170. The summed E-state index contributed by atoms with van der Waals surface area (Å²) in [4.78, 5) is 21.7. The number of hydrogen-bond acceptors (Lipinski definition) is 3. The molecule has 0 heterocycles. The van der Waals surface area contributed by atoms with Gasteiger partial charge in [-0.15, -0.1) is 0 Å². The first kappa shape index (κ1) is 12.9. The van der Waals surface area contributed by atoms with E-state index in [1.54, 1.807) is 27.7 Å². The number of rotatable bonds is 4. The van der Waals surface area contributed by atoms with E-state index < -0.39 is 17.3 Å². The third kappa shape index (κ3) is 4.84. The quantitative estimate of drug-likeness (QED) is 0.704. The van der Waals surface area contributed by atoms with Gasteiger partial charge in [-0.25, -0.2) is 0 Å². The molecule has 0 spiro atoms. The fourth-order valence-electron chi connectivity index (χ4n) is 0.668. The Hall–Kier alpha value is -1.06. The molecule has 0 aromatic rings. The molecule has 0 unspecified atom stereocenters. The maximum absolute atomic E-state index is 11.2. The predicted molar refractivity (Wildman–Crippen MR) is 51.8 cm³/mol. The van der Waals surface area contributed by atoms with Gasteiger partial charge in [-0.2, -0.15) is 0 Å². The minimum atomic E-state index is -0.864. The molecule has 0 fully saturated rings. The second-order valence-electron chi connectivity index (χ2n) is 4.41. The van der Waals surface area contributed by atoms with E-state index in [0.29, 0.717) is 6.42 Å². The highest BCUT2D eigenvalue weighted by Crippen LogP contribution is 2.15. The summed E-state index contributed by atoms with van der Waals surface area (Å²) in [5, 5.41) is 8.57. The minimum Gasteiger partial charge on any atom is -0.481 e. The van der Waals surface area contributed by atoms with E-state index in [4.69, 9.17) is 9.84 Å². The average Bonchev–Trinajstić information content (AvgIpc) is 2.01. The zero-order valence-corrected chi connectivity index (χ0v) is 9.16. The predicted octanol–water partition coefficient (Wildman–Crippen LogP) is 1.69. The molecule has 0 aliphatic rings. The lowest BCUT2D eigenvalue weighted by Gasteiger charge is -2.16. The van der Waals surface area contributed by atoms with Crippen molar-refractivity contribution < 1.29 is 19.4 Å². The Balaban J connectivity index is 3.76. The van der Waals surface area contributed by atoms with Gasteiger partial charge in [0.25, 0.3) is 0 Å². The first-order valence-electron chi connectivity index (χ1n) is 4.65. The van der Waals surface area contributed by atoms with E-state index in [2.05, 4.69) is 0 Å². The average molecular weight is 202 g/mol. The monoisotopic (exact) mass is 202 g/mol. The molecule has 0 aromatic heterocycles. The molecule has 4 nitrogen and oxygen atoms in total. The van der Waals surface area contributed by atoms with Crippen molar-refractivity contribution in [2.75, 3.05) is 6.61 Å². The number of carboxylic acid groups (broad SMARTS) is 1. The maximum Gasteiger partial charge on any atom is 0.311 e. The van der Waals surface area contributed by atoms with Crippen molar-refractivity contribution in [1.29, 1.82) is 0 Å². The lowest BCUT2D eigenvalue weighted by atomic mass is 9.97. The van der Waals surface area contributed by atoms with Crippen LogP contribution in [0.2, 0.25) is 0 Å². The first-order chi connectivity index (χ1) is 6.25. The van der Waals surface area contributed by atoms with Crippen LogP contribution < -0.4 is 0 Å². The summed E-state index contributed by atoms with van der Waals surface area (Å²) in [6.07, 6.45) is 0.358. The summed E-state index contributed by atoms with van der Waals surface area (Å²) in [5.41, 5.74) is -0.521. The smallest absolute Gasteiger partial charge is 0.311 e. The first-order valence-corrected chi connectivity index (χ1v) is 4.65. The van der Waals surface area contributed by atoms with Crippen LogP contribution in [0.3, 0.4) is 0 Å². The standard InChI is InChI=1S/C10H18O4/c1-7(8(11)12)5-6-14-9(13)10(2,3)4/h7H,5-6H2,1-4H3,(H,11,12)/t7-/m1/s1. The molecule has 0 radical (unpaired) electrons. The lowest BCUT2D eigenvalue weighted by molar-refractivity contribution is -0.154. The van der Waals surface area contributed by atoms with Crippen molar-refractivity contribution in [2.24, 2.45) is 11.3 Å². The third-order valence-corrected chi connectivity index (χ3v) is 1.82. The molecule has 0 aromatic carbocycles. The van der Waals surface area contributed by atoms with Gasteiger partial charge in [0, 0.05) is 0 Å². The summed E-state index contributed by atoms with van der Waals surface area (Å²) < 4.78 is 4.92. The Morgan fingerprint density at radius 1 is 1.36 bits per heavy atom. The summed E-state index contributed by atoms with van der Waals surface area (Å²) in [5.74, 6) is -1.63. The highest BCUT2D eigenvalue weighted by Gasteiger charge is 2.23. The molecule has 0 aliphatic carbocycles. The zero-order chi connectivity index (χ0) is 11.4. The fraction of sp³-hybridized carbons (Fsp3) is 0.800. The maximum atomic E-state index is 11.2. The van der Waals surface area contributed by atoms with Crippen LogP contribution in [0.1, 0.15) is 34.1 Å². The van der Waals surface area contributed by atoms with Crippen LogP contribution in [0.5, 0.6) is 0 Å². The van der Waals surface area contributed by atoms with Gasteiger partial charge in [0.05, 0.1) is 17.9 Å². The zero-order valence-electron chi connectivity index (χ0n) is 9.16. The van der Waals surface area contributed by atoms with Crippen molar-refractivity contribution >= 4 is 11.9 Å². The number of aliphatic carboxylic acids is 1. The molecular weight excluding hydrogens is 184 g/mol. The number of ether oxygens (including phenoxy) is 1. The van der Waals surface area contributed by atoms with Crippen LogP contribution in [0.15, 0.2) is 0 Å². The van der Waals surface area contributed by atoms with Crippen LogP contribution in [0, 0.1) is 11.3 Å². The van der Waals surface area contributed by atoms with Gasteiger partial charge in [-0.1, -0.05) is 6.92 Å². The summed E-state index contributed by atoms with van der Waals surface area (Å²) in [7, 11) is 0. The lowest BCUT2D eigenvalue weighted by Crippen LogP contribution is -2.24. The van der Waals surface area contributed by atoms with E-state index in [1.165, 1.54) is 0 Å². The van der Waals surface area contributed by atoms with Gasteiger partial charge in [0.1, 0.15) is 0 Å². The van der Waals surface area contributed by atoms with Gasteiger partial charge in [-0.05, 0) is 27.2 Å². The molecule has 1 N–H and O–H groups in total. The summed E-state index contributed by atoms with van der Waals surface area (Å²) in [6, 6.07) is 0. The van der Waals surface area contributed by atoms with Gasteiger partial charge in [0.2, 0.25) is 0 Å². The van der Waals surface area contributed by atoms with E-state index >= 15 is 0 Å². The SMILES string of the molecule is C[C@H](CCOC(=O)C(C)(C)C)C(=O)O. The molecule has 4 heteroatoms. The molecule has 14 heavy (non-hydrogen) atoms. The van der Waals surface area contributed by atoms with E-state index in [1.807, 2.05) is 0 Å². The Bertz CT molecular complexity index is 215. The third-order valence-electron chi connectivity index (χ3n) is 1.82. The largest absolute Gasteiger partial charge is 0.481 e. The van der Waals surface area contributed by atoms with Gasteiger partial charge < -0.3 is 9.84 Å². The van der Waals surface area contributed by atoms with E-state index in [0.717, 1.165) is 0 Å². The van der Waals surface area contributed by atoms with Crippen LogP contribution in [-0.4, -0.2) is 23.7 Å². The number of carboxylic acids is 1. The molecule has 0 saturated carbocycles. The highest BCUT2D eigenvalue weighted by molar-refractivity contribution is 5.75. The van der Waals surface area contributed by atoms with Crippen LogP contribution in [-0.2, 0) is 14.3 Å². The molecule has 82 valence electrons. The Morgan fingerprint density at radius 2 is 1.86 bits per heavy atom. The molecule has 0 amide bonds. The van der Waals surface area contributed by atoms with Gasteiger partial charge in [0.15, 0.2) is 0 Å². The number of carbonyl (C=O) groups is 2. The second-order valence-corrected chi connectivity index (χ2v) is 4.41. The van der Waals surface area contributed by atoms with Gasteiger partial charge in [-0.3, -0.25) is 9.59 Å². The van der Waals surface area contributed by atoms with Crippen molar-refractivity contribution in [3.63, 3.8) is 0 Å². The Morgan fingerprint density at radius 3 is 2.21 bits per heavy atom. The summed E-state index contributed by atoms with van der Waals surface area (Å²) in [6.45, 7) is 7.04. The number of esters is 1. The van der Waals surface area contributed by atoms with Crippen LogP contribution in [0.4, 0.5) is 0 Å². The van der Waals surface area contributed by atoms with Crippen LogP contribution in [0.25, 0.3) is 0 Å². The molecule has 1 atom stereocenters. The van der Waals surface area contributed by atoms with Crippen molar-refractivity contribution in [3.8, 4) is 0 Å². The normalized spacial score (nSPS) is 13.4. The van der Waals surface area contributed by atoms with Crippen molar-refractivity contribution in [3.05, 3.63) is 0 Å². The molecule has 0 bridgehead atoms. The molecule has 0 saturated heterocycles. The number of hydrogen-bond donors (Lipinski definition) is 1. The van der Waals surface area contributed by atoms with Crippen LogP contribution >= 0.6 is 0 Å². The molecular formula is C10H18O4. The highest BCUT2D eigenvalue weighted by atomic mass is 16.5.